The topological polar surface area (TPSA) is 57.7 Å². The summed E-state index contributed by atoms with van der Waals surface area (Å²) in [5.41, 5.74) is 0.728. The van der Waals surface area contributed by atoms with Gasteiger partial charge >= 0.3 is 0 Å². The number of amides is 2. The minimum atomic E-state index is -1.70. The van der Waals surface area contributed by atoms with Gasteiger partial charge in [0.05, 0.1) is 11.4 Å². The van der Waals surface area contributed by atoms with Gasteiger partial charge in [0.2, 0.25) is 11.8 Å². The van der Waals surface area contributed by atoms with E-state index in [9.17, 15) is 4.79 Å². The van der Waals surface area contributed by atoms with E-state index in [4.69, 9.17) is 35.4 Å². The van der Waals surface area contributed by atoms with Crippen molar-refractivity contribution in [3.63, 3.8) is 0 Å². The Kier molecular flexibility index (Phi) is 7.24. The quantitative estimate of drug-likeness (QED) is 0.179. The van der Waals surface area contributed by atoms with E-state index in [1.165, 1.54) is 9.80 Å². The molecule has 1 spiro atoms. The fourth-order valence-electron chi connectivity index (χ4n) is 6.20. The summed E-state index contributed by atoms with van der Waals surface area (Å²) >= 11 is 18.4. The van der Waals surface area contributed by atoms with Crippen LogP contribution in [0.5, 0.6) is 0 Å². The average Bonchev–Trinajstić information content (AvgIpc) is 2.98. The molecule has 204 valence electrons. The first-order valence-corrected chi connectivity index (χ1v) is 14.3. The SMILES string of the molecule is O=C1CC(c2ccc(Cl)cc2)C2(C(=O)N(c3ccccc3)C(=S)N(c3ccccc3)C2=O)C(c2ccc(Cl)cc2)C1. The second-order valence-electron chi connectivity index (χ2n) is 10.3. The number of carbonyl (C=O) groups is 3. The Hall–Kier alpha value is -3.84. The van der Waals surface area contributed by atoms with Gasteiger partial charge in [0.15, 0.2) is 5.11 Å². The predicted octanol–water partition coefficient (Wildman–Crippen LogP) is 7.58. The summed E-state index contributed by atoms with van der Waals surface area (Å²) in [6.45, 7) is 0. The molecule has 2 fully saturated rings. The molecule has 2 unspecified atom stereocenters. The first-order valence-electron chi connectivity index (χ1n) is 13.2. The molecule has 2 aliphatic rings. The standard InChI is InChI=1S/C33H24Cl2N2O3S/c34-23-15-11-21(12-16-23)28-19-27(38)20-29(22-13-17-24(35)18-14-22)33(28)30(39)36(25-7-3-1-4-8-25)32(41)37(31(33)40)26-9-5-2-6-10-26/h1-18,28-29H,19-20H2. The molecule has 5 nitrogen and oxygen atoms in total. The maximum atomic E-state index is 15.1. The van der Waals surface area contributed by atoms with Crippen molar-refractivity contribution in [3.8, 4) is 0 Å². The molecule has 4 aromatic carbocycles. The highest BCUT2D eigenvalue weighted by Crippen LogP contribution is 2.58. The predicted molar refractivity (Wildman–Crippen MR) is 166 cm³/mol. The summed E-state index contributed by atoms with van der Waals surface area (Å²) in [6.07, 6.45) is 0.0302. The average molecular weight is 600 g/mol. The first-order chi connectivity index (χ1) is 19.8. The van der Waals surface area contributed by atoms with Crippen LogP contribution < -0.4 is 9.80 Å². The maximum absolute atomic E-state index is 15.1. The van der Waals surface area contributed by atoms with Crippen LogP contribution in [0.25, 0.3) is 0 Å². The zero-order valence-electron chi connectivity index (χ0n) is 21.7. The molecule has 1 saturated carbocycles. The Morgan fingerprint density at radius 1 is 0.585 bits per heavy atom. The smallest absolute Gasteiger partial charge is 0.250 e. The van der Waals surface area contributed by atoms with Gasteiger partial charge in [-0.1, -0.05) is 83.9 Å². The third kappa shape index (κ3) is 4.56. The van der Waals surface area contributed by atoms with E-state index >= 15 is 9.59 Å². The second-order valence-corrected chi connectivity index (χ2v) is 11.5. The fourth-order valence-corrected chi connectivity index (χ4v) is 6.82. The third-order valence-electron chi connectivity index (χ3n) is 8.03. The van der Waals surface area contributed by atoms with Crippen LogP contribution in [0.15, 0.2) is 109 Å². The molecule has 4 aromatic rings. The highest BCUT2D eigenvalue weighted by atomic mass is 35.5. The van der Waals surface area contributed by atoms with Crippen LogP contribution >= 0.6 is 35.4 Å². The van der Waals surface area contributed by atoms with Crippen LogP contribution in [0.2, 0.25) is 10.0 Å². The number of hydrogen-bond donors (Lipinski definition) is 0. The lowest BCUT2D eigenvalue weighted by molar-refractivity contribution is -0.147. The van der Waals surface area contributed by atoms with Gasteiger partial charge in [0.1, 0.15) is 11.2 Å². The minimum absolute atomic E-state index is 0.0151. The first kappa shape index (κ1) is 27.3. The van der Waals surface area contributed by atoms with Crippen molar-refractivity contribution in [2.75, 3.05) is 9.80 Å². The number of Topliss-reactive ketones (excluding diaryl/α,β-unsaturated/α-hetero) is 1. The number of nitrogens with zero attached hydrogens (tertiary/aromatic N) is 2. The lowest BCUT2D eigenvalue weighted by Gasteiger charge is -2.54. The molecular formula is C33H24Cl2N2O3S. The van der Waals surface area contributed by atoms with Crippen molar-refractivity contribution in [1.82, 2.24) is 0 Å². The summed E-state index contributed by atoms with van der Waals surface area (Å²) in [5.74, 6) is -2.51. The van der Waals surface area contributed by atoms with Gasteiger partial charge in [-0.15, -0.1) is 0 Å². The van der Waals surface area contributed by atoms with E-state index in [0.29, 0.717) is 32.5 Å². The number of thiocarbonyl (C=S) groups is 1. The van der Waals surface area contributed by atoms with Gasteiger partial charge < -0.3 is 0 Å². The van der Waals surface area contributed by atoms with Crippen molar-refractivity contribution >= 4 is 69.5 Å². The molecule has 1 saturated heterocycles. The monoisotopic (exact) mass is 598 g/mol. The number of benzene rings is 4. The van der Waals surface area contributed by atoms with Crippen LogP contribution in [-0.2, 0) is 14.4 Å². The molecule has 6 rings (SSSR count). The minimum Gasteiger partial charge on any atom is -0.300 e. The van der Waals surface area contributed by atoms with Gasteiger partial charge in [-0.3, -0.25) is 24.2 Å². The molecule has 2 amide bonds. The lowest BCUT2D eigenvalue weighted by atomic mass is 9.54. The zero-order valence-corrected chi connectivity index (χ0v) is 24.1. The molecule has 2 atom stereocenters. The highest BCUT2D eigenvalue weighted by Gasteiger charge is 2.67. The van der Waals surface area contributed by atoms with Crippen LogP contribution in [0.3, 0.4) is 0 Å². The summed E-state index contributed by atoms with van der Waals surface area (Å²) in [4.78, 5) is 46.6. The molecule has 1 aliphatic carbocycles. The van der Waals surface area contributed by atoms with Crippen molar-refractivity contribution in [1.29, 1.82) is 0 Å². The Balaban J connectivity index is 1.67. The molecule has 41 heavy (non-hydrogen) atoms. The Morgan fingerprint density at radius 3 is 1.32 bits per heavy atom. The van der Waals surface area contributed by atoms with E-state index in [-0.39, 0.29) is 23.7 Å². The second kappa shape index (κ2) is 10.9. The van der Waals surface area contributed by atoms with E-state index < -0.39 is 29.1 Å². The Bertz CT molecular complexity index is 1520. The van der Waals surface area contributed by atoms with Crippen LogP contribution in [-0.4, -0.2) is 22.7 Å². The fraction of sp³-hybridized carbons (Fsp3) is 0.152. The number of hydrogen-bond acceptors (Lipinski definition) is 4. The number of halogens is 2. The van der Waals surface area contributed by atoms with Crippen molar-refractivity contribution < 1.29 is 14.4 Å². The van der Waals surface area contributed by atoms with Crippen LogP contribution in [0.4, 0.5) is 11.4 Å². The Morgan fingerprint density at radius 2 is 0.951 bits per heavy atom. The number of para-hydroxylation sites is 2. The van der Waals surface area contributed by atoms with Crippen molar-refractivity contribution in [2.45, 2.75) is 24.7 Å². The molecule has 1 heterocycles. The molecule has 1 aliphatic heterocycles. The van der Waals surface area contributed by atoms with Gasteiger partial charge in [0.25, 0.3) is 0 Å². The van der Waals surface area contributed by atoms with E-state index in [0.717, 1.165) is 0 Å². The summed E-state index contributed by atoms with van der Waals surface area (Å²) in [7, 11) is 0. The zero-order chi connectivity index (χ0) is 28.7. The summed E-state index contributed by atoms with van der Waals surface area (Å²) < 4.78 is 0. The normalized spacial score (nSPS) is 20.5. The van der Waals surface area contributed by atoms with E-state index in [1.54, 1.807) is 72.8 Å². The molecular weight excluding hydrogens is 575 g/mol. The third-order valence-corrected chi connectivity index (χ3v) is 8.90. The molecule has 0 radical (unpaired) electrons. The Labute approximate surface area is 253 Å². The number of ketones is 1. The van der Waals surface area contributed by atoms with Crippen molar-refractivity contribution in [2.24, 2.45) is 5.41 Å². The van der Waals surface area contributed by atoms with Gasteiger partial charge in [0, 0.05) is 34.7 Å². The van der Waals surface area contributed by atoms with Crippen molar-refractivity contribution in [3.05, 3.63) is 130 Å². The van der Waals surface area contributed by atoms with Gasteiger partial charge in [-0.2, -0.15) is 0 Å². The number of rotatable bonds is 4. The number of anilines is 2. The largest absolute Gasteiger partial charge is 0.300 e. The number of carbonyl (C=O) groups excluding carboxylic acids is 3. The van der Waals surface area contributed by atoms with E-state index in [2.05, 4.69) is 0 Å². The molecule has 0 aromatic heterocycles. The molecule has 8 heteroatoms. The lowest BCUT2D eigenvalue weighted by Crippen LogP contribution is -2.70. The summed E-state index contributed by atoms with van der Waals surface area (Å²) in [6, 6.07) is 32.2. The van der Waals surface area contributed by atoms with E-state index in [1.807, 2.05) is 36.4 Å². The van der Waals surface area contributed by atoms with Crippen LogP contribution in [0, 0.1) is 5.41 Å². The van der Waals surface area contributed by atoms with Gasteiger partial charge in [-0.25, -0.2) is 0 Å². The summed E-state index contributed by atoms with van der Waals surface area (Å²) in [5, 5.41) is 1.08. The highest BCUT2D eigenvalue weighted by molar-refractivity contribution is 7.81. The molecule has 0 bridgehead atoms. The molecule has 0 N–H and O–H groups in total. The maximum Gasteiger partial charge on any atom is 0.250 e. The van der Waals surface area contributed by atoms with Gasteiger partial charge in [-0.05, 0) is 71.9 Å². The van der Waals surface area contributed by atoms with Crippen LogP contribution in [0.1, 0.15) is 35.8 Å².